The summed E-state index contributed by atoms with van der Waals surface area (Å²) in [5.41, 5.74) is 3.39. The van der Waals surface area contributed by atoms with Crippen LogP contribution in [0.4, 0.5) is 5.69 Å². The van der Waals surface area contributed by atoms with Crippen molar-refractivity contribution in [3.63, 3.8) is 0 Å². The molecule has 0 bridgehead atoms. The number of methoxy groups -OCH3 is 1. The van der Waals surface area contributed by atoms with Crippen LogP contribution in [-0.2, 0) is 6.42 Å². The fourth-order valence-corrected chi connectivity index (χ4v) is 2.58. The molecule has 0 heterocycles. The maximum atomic E-state index is 12.4. The summed E-state index contributed by atoms with van der Waals surface area (Å²) >= 11 is 5.25. The SMILES string of the molecule is CCc1ccccc1NC(=S)NC(=O)c1cccc(C)c1OC. The van der Waals surface area contributed by atoms with Gasteiger partial charge in [0.15, 0.2) is 5.11 Å². The van der Waals surface area contributed by atoms with Gasteiger partial charge in [-0.2, -0.15) is 0 Å². The van der Waals surface area contributed by atoms with E-state index < -0.39 is 0 Å². The minimum absolute atomic E-state index is 0.263. The number of benzene rings is 2. The molecule has 0 fully saturated rings. The largest absolute Gasteiger partial charge is 0.496 e. The first-order valence-corrected chi connectivity index (χ1v) is 7.81. The van der Waals surface area contributed by atoms with E-state index in [1.165, 1.54) is 0 Å². The molecule has 0 unspecified atom stereocenters. The number of amides is 1. The van der Waals surface area contributed by atoms with Crippen LogP contribution in [0.25, 0.3) is 0 Å². The minimum atomic E-state index is -0.294. The first-order chi connectivity index (χ1) is 11.1. The lowest BCUT2D eigenvalue weighted by Crippen LogP contribution is -2.34. The Hall–Kier alpha value is -2.40. The van der Waals surface area contributed by atoms with Crippen LogP contribution in [0.1, 0.15) is 28.4 Å². The molecule has 120 valence electrons. The van der Waals surface area contributed by atoms with Crippen LogP contribution in [0.3, 0.4) is 0 Å². The number of nitrogens with one attached hydrogen (secondary N) is 2. The molecule has 2 aromatic carbocycles. The zero-order valence-electron chi connectivity index (χ0n) is 13.5. The molecule has 23 heavy (non-hydrogen) atoms. The summed E-state index contributed by atoms with van der Waals surface area (Å²) in [6, 6.07) is 13.3. The number of rotatable bonds is 4. The topological polar surface area (TPSA) is 50.4 Å². The second kappa shape index (κ2) is 7.74. The van der Waals surface area contributed by atoms with E-state index in [9.17, 15) is 4.79 Å². The van der Waals surface area contributed by atoms with Crippen LogP contribution in [0.2, 0.25) is 0 Å². The van der Waals surface area contributed by atoms with E-state index in [-0.39, 0.29) is 11.0 Å². The molecule has 0 saturated carbocycles. The molecule has 0 aliphatic carbocycles. The molecular formula is C18H20N2O2S. The molecule has 0 atom stereocenters. The number of anilines is 1. The molecule has 2 rings (SSSR count). The van der Waals surface area contributed by atoms with Gasteiger partial charge in [0.05, 0.1) is 12.7 Å². The zero-order chi connectivity index (χ0) is 16.8. The number of ether oxygens (including phenoxy) is 1. The Balaban J connectivity index is 2.12. The number of para-hydroxylation sites is 2. The highest BCUT2D eigenvalue weighted by Gasteiger charge is 2.15. The van der Waals surface area contributed by atoms with E-state index in [0.717, 1.165) is 23.2 Å². The van der Waals surface area contributed by atoms with E-state index in [2.05, 4.69) is 17.6 Å². The summed E-state index contributed by atoms with van der Waals surface area (Å²) in [6.07, 6.45) is 0.880. The Bertz CT molecular complexity index is 729. The van der Waals surface area contributed by atoms with Crippen molar-refractivity contribution in [2.45, 2.75) is 20.3 Å². The summed E-state index contributed by atoms with van der Waals surface area (Å²) in [5.74, 6) is 0.263. The molecule has 0 aromatic heterocycles. The first-order valence-electron chi connectivity index (χ1n) is 7.40. The summed E-state index contributed by atoms with van der Waals surface area (Å²) < 4.78 is 5.31. The van der Waals surface area contributed by atoms with Crippen LogP contribution >= 0.6 is 12.2 Å². The third-order valence-corrected chi connectivity index (χ3v) is 3.74. The Labute approximate surface area is 141 Å². The summed E-state index contributed by atoms with van der Waals surface area (Å²) in [5, 5.41) is 6.04. The van der Waals surface area contributed by atoms with E-state index >= 15 is 0 Å². The van der Waals surface area contributed by atoms with Gasteiger partial charge < -0.3 is 10.1 Å². The van der Waals surface area contributed by atoms with Crippen LogP contribution in [0.5, 0.6) is 5.75 Å². The first kappa shape index (κ1) is 17.0. The molecule has 2 aromatic rings. The van der Waals surface area contributed by atoms with Gasteiger partial charge in [-0.3, -0.25) is 10.1 Å². The van der Waals surface area contributed by atoms with Crippen molar-refractivity contribution in [1.29, 1.82) is 0 Å². The smallest absolute Gasteiger partial charge is 0.261 e. The van der Waals surface area contributed by atoms with Gasteiger partial charge >= 0.3 is 0 Å². The molecule has 0 radical (unpaired) electrons. The normalized spacial score (nSPS) is 10.0. The molecular weight excluding hydrogens is 308 g/mol. The van der Waals surface area contributed by atoms with Gasteiger partial charge in [-0.05, 0) is 48.8 Å². The van der Waals surface area contributed by atoms with Gasteiger partial charge in [-0.25, -0.2) is 0 Å². The van der Waals surface area contributed by atoms with E-state index in [0.29, 0.717) is 11.3 Å². The number of carbonyl (C=O) groups excluding carboxylic acids is 1. The number of carbonyl (C=O) groups is 1. The lowest BCUT2D eigenvalue weighted by molar-refractivity contribution is 0.0974. The van der Waals surface area contributed by atoms with Gasteiger partial charge in [0.25, 0.3) is 5.91 Å². The molecule has 5 heteroatoms. The quantitative estimate of drug-likeness (QED) is 0.841. The average molecular weight is 328 g/mol. The average Bonchev–Trinajstić information content (AvgIpc) is 2.54. The van der Waals surface area contributed by atoms with Gasteiger partial charge in [0.1, 0.15) is 5.75 Å². The molecule has 4 nitrogen and oxygen atoms in total. The van der Waals surface area contributed by atoms with Gasteiger partial charge in [-0.15, -0.1) is 0 Å². The predicted octanol–water partition coefficient (Wildman–Crippen LogP) is 3.69. The standard InChI is InChI=1S/C18H20N2O2S/c1-4-13-9-5-6-11-15(13)19-18(23)20-17(21)14-10-7-8-12(2)16(14)22-3/h5-11H,4H2,1-3H3,(H2,19,20,21,23). The summed E-state index contributed by atoms with van der Waals surface area (Å²) in [6.45, 7) is 3.96. The van der Waals surface area contributed by atoms with Crippen molar-refractivity contribution < 1.29 is 9.53 Å². The highest BCUT2D eigenvalue weighted by atomic mass is 32.1. The van der Waals surface area contributed by atoms with Crippen LogP contribution < -0.4 is 15.4 Å². The molecule has 0 spiro atoms. The van der Waals surface area contributed by atoms with Crippen molar-refractivity contribution >= 4 is 28.9 Å². The molecule has 0 aliphatic rings. The second-order valence-corrected chi connectivity index (χ2v) is 5.48. The van der Waals surface area contributed by atoms with E-state index in [1.54, 1.807) is 13.2 Å². The van der Waals surface area contributed by atoms with E-state index in [1.807, 2.05) is 43.3 Å². The highest BCUT2D eigenvalue weighted by Crippen LogP contribution is 2.22. The molecule has 0 aliphatic heterocycles. The Morgan fingerprint density at radius 2 is 1.91 bits per heavy atom. The third kappa shape index (κ3) is 4.07. The van der Waals surface area contributed by atoms with E-state index in [4.69, 9.17) is 17.0 Å². The van der Waals surface area contributed by atoms with Crippen LogP contribution in [0, 0.1) is 6.92 Å². The zero-order valence-corrected chi connectivity index (χ0v) is 14.3. The molecule has 2 N–H and O–H groups in total. The van der Waals surface area contributed by atoms with Crippen LogP contribution in [0.15, 0.2) is 42.5 Å². The lowest BCUT2D eigenvalue weighted by atomic mass is 10.1. The number of hydrogen-bond acceptors (Lipinski definition) is 3. The maximum absolute atomic E-state index is 12.4. The van der Waals surface area contributed by atoms with Crippen LogP contribution in [-0.4, -0.2) is 18.1 Å². The Morgan fingerprint density at radius 3 is 2.61 bits per heavy atom. The Morgan fingerprint density at radius 1 is 1.17 bits per heavy atom. The summed E-state index contributed by atoms with van der Waals surface area (Å²) in [4.78, 5) is 12.4. The summed E-state index contributed by atoms with van der Waals surface area (Å²) in [7, 11) is 1.55. The highest BCUT2D eigenvalue weighted by molar-refractivity contribution is 7.80. The fourth-order valence-electron chi connectivity index (χ4n) is 2.38. The van der Waals surface area contributed by atoms with Gasteiger partial charge in [-0.1, -0.05) is 37.3 Å². The number of aryl methyl sites for hydroxylation is 2. The predicted molar refractivity (Wildman–Crippen MR) is 97.2 cm³/mol. The number of hydrogen-bond donors (Lipinski definition) is 2. The van der Waals surface area contributed by atoms with Crippen molar-refractivity contribution in [2.75, 3.05) is 12.4 Å². The molecule has 1 amide bonds. The Kier molecular flexibility index (Phi) is 5.71. The number of thiocarbonyl (C=S) groups is 1. The monoisotopic (exact) mass is 328 g/mol. The molecule has 0 saturated heterocycles. The maximum Gasteiger partial charge on any atom is 0.261 e. The fraction of sp³-hybridized carbons (Fsp3) is 0.222. The van der Waals surface area contributed by atoms with Gasteiger partial charge in [0, 0.05) is 5.69 Å². The van der Waals surface area contributed by atoms with Crippen molar-refractivity contribution in [3.8, 4) is 5.75 Å². The van der Waals surface area contributed by atoms with Crippen molar-refractivity contribution in [1.82, 2.24) is 5.32 Å². The lowest BCUT2D eigenvalue weighted by Gasteiger charge is -2.14. The second-order valence-electron chi connectivity index (χ2n) is 5.07. The third-order valence-electron chi connectivity index (χ3n) is 3.53. The van der Waals surface area contributed by atoms with Crippen molar-refractivity contribution in [2.24, 2.45) is 0 Å². The minimum Gasteiger partial charge on any atom is -0.496 e. The van der Waals surface area contributed by atoms with Crippen molar-refractivity contribution in [3.05, 3.63) is 59.2 Å². The van der Waals surface area contributed by atoms with Gasteiger partial charge in [0.2, 0.25) is 0 Å².